The molecule has 0 radical (unpaired) electrons. The zero-order valence-corrected chi connectivity index (χ0v) is 34.4. The summed E-state index contributed by atoms with van der Waals surface area (Å²) in [6.45, 7) is 0. The summed E-state index contributed by atoms with van der Waals surface area (Å²) in [5.41, 5.74) is 7.55. The van der Waals surface area contributed by atoms with E-state index in [1.165, 1.54) is 120 Å². The molecule has 0 fully saturated rings. The molecule has 0 saturated carbocycles. The Kier molecular flexibility index (Phi) is 7.64. The lowest BCUT2D eigenvalue weighted by Gasteiger charge is -2.18. The van der Waals surface area contributed by atoms with Crippen LogP contribution in [0.1, 0.15) is 0 Å². The van der Waals surface area contributed by atoms with Crippen LogP contribution >= 0.6 is 31.9 Å². The molecule has 0 aliphatic heterocycles. The van der Waals surface area contributed by atoms with Crippen molar-refractivity contribution in [2.75, 3.05) is 0 Å². The van der Waals surface area contributed by atoms with Crippen molar-refractivity contribution < 1.29 is 0 Å². The average molecular weight is 865 g/mol. The van der Waals surface area contributed by atoms with Crippen LogP contribution in [0.25, 0.3) is 120 Å². The van der Waals surface area contributed by atoms with Gasteiger partial charge in [0.15, 0.2) is 0 Å². The van der Waals surface area contributed by atoms with Crippen molar-refractivity contribution in [3.63, 3.8) is 0 Å². The second-order valence-corrected chi connectivity index (χ2v) is 17.1. The van der Waals surface area contributed by atoms with E-state index in [-0.39, 0.29) is 0 Å². The summed E-state index contributed by atoms with van der Waals surface area (Å²) in [5, 5.41) is 20.0. The van der Waals surface area contributed by atoms with Gasteiger partial charge in [-0.2, -0.15) is 0 Å². The minimum absolute atomic E-state index is 1.11. The Morgan fingerprint density at radius 3 is 1.00 bits per heavy atom. The molecule has 0 atom stereocenters. The molecule has 0 amide bonds. The predicted octanol–water partition coefficient (Wildman–Crippen LogP) is 17.4. The number of rotatable bonds is 3. The van der Waals surface area contributed by atoms with Crippen molar-refractivity contribution >= 4 is 118 Å². The van der Waals surface area contributed by atoms with E-state index in [4.69, 9.17) is 0 Å². The molecule has 12 aromatic rings. The molecule has 0 aliphatic rings. The number of fused-ring (bicyclic) bond motifs is 10. The van der Waals surface area contributed by atoms with Crippen LogP contribution in [-0.4, -0.2) is 0 Å². The van der Waals surface area contributed by atoms with Crippen molar-refractivity contribution in [3.05, 3.63) is 203 Å². The molecule has 270 valence electrons. The quantitative estimate of drug-likeness (QED) is 0.123. The maximum atomic E-state index is 3.83. The van der Waals surface area contributed by atoms with Gasteiger partial charge in [-0.3, -0.25) is 0 Å². The zero-order chi connectivity index (χ0) is 38.5. The predicted molar refractivity (Wildman–Crippen MR) is 258 cm³/mol. The van der Waals surface area contributed by atoms with Crippen LogP contribution in [0, 0.1) is 0 Å². The van der Waals surface area contributed by atoms with E-state index in [0.29, 0.717) is 0 Å². The van der Waals surface area contributed by atoms with Gasteiger partial charge in [0.1, 0.15) is 0 Å². The van der Waals surface area contributed by atoms with E-state index in [9.17, 15) is 0 Å². The molecule has 58 heavy (non-hydrogen) atoms. The Hall–Kier alpha value is -6.32. The molecule has 12 aromatic carbocycles. The minimum atomic E-state index is 1.11. The largest absolute Gasteiger partial charge is 0.0616 e. The van der Waals surface area contributed by atoms with E-state index < -0.39 is 0 Å². The van der Waals surface area contributed by atoms with Gasteiger partial charge in [0.05, 0.1) is 0 Å². The van der Waals surface area contributed by atoms with Crippen LogP contribution in [0.2, 0.25) is 0 Å². The van der Waals surface area contributed by atoms with Crippen LogP contribution in [-0.2, 0) is 0 Å². The van der Waals surface area contributed by atoms with Crippen LogP contribution in [0.3, 0.4) is 0 Å². The molecule has 2 heteroatoms. The summed E-state index contributed by atoms with van der Waals surface area (Å²) in [6, 6.07) is 72.0. The Labute approximate surface area is 352 Å². The third kappa shape index (κ3) is 4.98. The van der Waals surface area contributed by atoms with Crippen molar-refractivity contribution in [1.82, 2.24) is 0 Å². The van der Waals surface area contributed by atoms with Crippen LogP contribution in [0.4, 0.5) is 0 Å². The summed E-state index contributed by atoms with van der Waals surface area (Å²) in [6.07, 6.45) is 0. The molecule has 0 unspecified atom stereocenters. The van der Waals surface area contributed by atoms with Crippen molar-refractivity contribution in [2.24, 2.45) is 0 Å². The Morgan fingerprint density at radius 1 is 0.207 bits per heavy atom. The molecule has 0 saturated heterocycles. The highest BCUT2D eigenvalue weighted by Crippen LogP contribution is 2.47. The van der Waals surface area contributed by atoms with Gasteiger partial charge in [0.2, 0.25) is 0 Å². The molecule has 0 nitrogen and oxygen atoms in total. The standard InChI is InChI=1S/C56H32Br2/c57-53-29-27-47(41-15-5-7-17-45(41)53)55-35-13-3-1-11-33(35)31-51-39-21-9-19-37(43(39)23-25-49(51)55)38-20-10-22-40-44(38)24-26-50-52(40)32-34-12-2-4-14-36(34)56(50)48-28-30-54(58)46-18-8-6-16-42(46)48/h1-32H. The van der Waals surface area contributed by atoms with Gasteiger partial charge < -0.3 is 0 Å². The lowest BCUT2D eigenvalue weighted by molar-refractivity contribution is 1.68. The first kappa shape index (κ1) is 33.8. The van der Waals surface area contributed by atoms with Crippen molar-refractivity contribution in [2.45, 2.75) is 0 Å². The first-order chi connectivity index (χ1) is 28.6. The molecule has 0 aliphatic carbocycles. The van der Waals surface area contributed by atoms with Gasteiger partial charge in [-0.25, -0.2) is 0 Å². The molecule has 0 spiro atoms. The number of hydrogen-bond acceptors (Lipinski definition) is 0. The highest BCUT2D eigenvalue weighted by molar-refractivity contribution is 9.11. The van der Waals surface area contributed by atoms with Crippen LogP contribution in [0.15, 0.2) is 203 Å². The fourth-order valence-corrected chi connectivity index (χ4v) is 10.8. The fraction of sp³-hybridized carbons (Fsp3) is 0. The SMILES string of the molecule is Brc1ccc(-c2c3ccccc3cc3c2ccc2c(-c4cccc5c4ccc4c(-c6ccc(Br)c7ccccc67)c6ccccc6cc45)cccc23)c2ccccc12. The summed E-state index contributed by atoms with van der Waals surface area (Å²) in [4.78, 5) is 0. The summed E-state index contributed by atoms with van der Waals surface area (Å²) in [7, 11) is 0. The number of halogens is 2. The van der Waals surface area contributed by atoms with E-state index in [1.807, 2.05) is 0 Å². The van der Waals surface area contributed by atoms with Crippen LogP contribution in [0.5, 0.6) is 0 Å². The second kappa shape index (κ2) is 13.1. The van der Waals surface area contributed by atoms with E-state index in [0.717, 1.165) is 8.95 Å². The normalized spacial score (nSPS) is 12.0. The Bertz CT molecular complexity index is 3460. The summed E-state index contributed by atoms with van der Waals surface area (Å²) >= 11 is 7.66. The maximum absolute atomic E-state index is 3.83. The third-order valence-electron chi connectivity index (χ3n) is 12.4. The summed E-state index contributed by atoms with van der Waals surface area (Å²) < 4.78 is 2.22. The van der Waals surface area contributed by atoms with Crippen LogP contribution < -0.4 is 0 Å². The molecular formula is C56H32Br2. The smallest absolute Gasteiger partial charge is 0.0254 e. The van der Waals surface area contributed by atoms with E-state index >= 15 is 0 Å². The Balaban J connectivity index is 1.12. The molecule has 12 rings (SSSR count). The Morgan fingerprint density at radius 2 is 0.552 bits per heavy atom. The van der Waals surface area contributed by atoms with Crippen molar-refractivity contribution in [3.8, 4) is 33.4 Å². The van der Waals surface area contributed by atoms with E-state index in [2.05, 4.69) is 226 Å². The van der Waals surface area contributed by atoms with Gasteiger partial charge >= 0.3 is 0 Å². The summed E-state index contributed by atoms with van der Waals surface area (Å²) in [5.74, 6) is 0. The lowest BCUT2D eigenvalue weighted by atomic mass is 9.85. The maximum Gasteiger partial charge on any atom is 0.0254 e. The highest BCUT2D eigenvalue weighted by Gasteiger charge is 2.19. The van der Waals surface area contributed by atoms with Gasteiger partial charge in [-0.1, -0.05) is 202 Å². The minimum Gasteiger partial charge on any atom is -0.0616 e. The number of benzene rings is 12. The molecular weight excluding hydrogens is 832 g/mol. The van der Waals surface area contributed by atoms with Gasteiger partial charge in [0, 0.05) is 8.95 Å². The third-order valence-corrected chi connectivity index (χ3v) is 13.8. The van der Waals surface area contributed by atoms with E-state index in [1.54, 1.807) is 0 Å². The van der Waals surface area contributed by atoms with Crippen molar-refractivity contribution in [1.29, 1.82) is 0 Å². The second-order valence-electron chi connectivity index (χ2n) is 15.3. The molecule has 0 bridgehead atoms. The van der Waals surface area contributed by atoms with Gasteiger partial charge in [0.25, 0.3) is 0 Å². The molecule has 0 aromatic heterocycles. The number of hydrogen-bond donors (Lipinski definition) is 0. The monoisotopic (exact) mass is 862 g/mol. The van der Waals surface area contributed by atoms with Gasteiger partial charge in [-0.15, -0.1) is 0 Å². The average Bonchev–Trinajstić information content (AvgIpc) is 3.28. The fourth-order valence-electron chi connectivity index (χ4n) is 9.82. The molecule has 0 N–H and O–H groups in total. The lowest BCUT2D eigenvalue weighted by Crippen LogP contribution is -1.91. The molecule has 0 heterocycles. The topological polar surface area (TPSA) is 0 Å². The van der Waals surface area contributed by atoms with Gasteiger partial charge in [-0.05, 0) is 144 Å². The zero-order valence-electron chi connectivity index (χ0n) is 31.2. The first-order valence-electron chi connectivity index (χ1n) is 19.7. The first-order valence-corrected chi connectivity index (χ1v) is 21.3. The highest BCUT2D eigenvalue weighted by atomic mass is 79.9.